The SMILES string of the molecule is O=C(c1ccccc1OCc1ccccc1Cl)N1CCN(c2ncccn2)CC1. The van der Waals surface area contributed by atoms with Crippen molar-refractivity contribution < 1.29 is 9.53 Å². The van der Waals surface area contributed by atoms with Crippen LogP contribution in [0.5, 0.6) is 5.75 Å². The van der Waals surface area contributed by atoms with E-state index < -0.39 is 0 Å². The van der Waals surface area contributed by atoms with Crippen LogP contribution in [0, 0.1) is 0 Å². The molecule has 2 heterocycles. The molecule has 0 N–H and O–H groups in total. The Morgan fingerprint density at radius 3 is 2.38 bits per heavy atom. The molecule has 1 amide bonds. The zero-order chi connectivity index (χ0) is 20.1. The average Bonchev–Trinajstić information content (AvgIpc) is 2.79. The molecule has 0 saturated carbocycles. The highest BCUT2D eigenvalue weighted by Gasteiger charge is 2.25. The van der Waals surface area contributed by atoms with Crippen molar-refractivity contribution in [1.82, 2.24) is 14.9 Å². The quantitative estimate of drug-likeness (QED) is 0.644. The second kappa shape index (κ2) is 8.92. The van der Waals surface area contributed by atoms with E-state index in [9.17, 15) is 4.79 Å². The monoisotopic (exact) mass is 408 g/mol. The van der Waals surface area contributed by atoms with Crippen molar-refractivity contribution in [3.8, 4) is 5.75 Å². The van der Waals surface area contributed by atoms with Crippen LogP contribution in [-0.4, -0.2) is 47.0 Å². The third-order valence-corrected chi connectivity index (χ3v) is 5.23. The molecule has 1 aromatic heterocycles. The van der Waals surface area contributed by atoms with Gasteiger partial charge >= 0.3 is 0 Å². The van der Waals surface area contributed by atoms with Crippen LogP contribution in [-0.2, 0) is 6.61 Å². The molecule has 0 unspecified atom stereocenters. The van der Waals surface area contributed by atoms with E-state index in [1.165, 1.54) is 0 Å². The second-order valence-corrected chi connectivity index (χ2v) is 7.11. The summed E-state index contributed by atoms with van der Waals surface area (Å²) in [5.41, 5.74) is 1.44. The predicted octanol–water partition coefficient (Wildman–Crippen LogP) is 3.67. The normalized spacial score (nSPS) is 14.0. The van der Waals surface area contributed by atoms with E-state index in [0.717, 1.165) is 5.56 Å². The van der Waals surface area contributed by atoms with E-state index in [4.69, 9.17) is 16.3 Å². The van der Waals surface area contributed by atoms with Gasteiger partial charge in [-0.05, 0) is 24.3 Å². The van der Waals surface area contributed by atoms with Crippen LogP contribution < -0.4 is 9.64 Å². The molecule has 6 nitrogen and oxygen atoms in total. The first-order valence-electron chi connectivity index (χ1n) is 9.49. The van der Waals surface area contributed by atoms with Crippen LogP contribution in [0.3, 0.4) is 0 Å². The fourth-order valence-electron chi connectivity index (χ4n) is 3.27. The molecule has 0 radical (unpaired) electrons. The van der Waals surface area contributed by atoms with Crippen molar-refractivity contribution in [1.29, 1.82) is 0 Å². The van der Waals surface area contributed by atoms with Crippen molar-refractivity contribution in [3.63, 3.8) is 0 Å². The summed E-state index contributed by atoms with van der Waals surface area (Å²) in [6, 6.07) is 16.7. The molecule has 2 aromatic carbocycles. The van der Waals surface area contributed by atoms with Gasteiger partial charge in [0.25, 0.3) is 5.91 Å². The molecule has 7 heteroatoms. The van der Waals surface area contributed by atoms with Gasteiger partial charge in [-0.1, -0.05) is 41.9 Å². The first-order valence-corrected chi connectivity index (χ1v) is 9.86. The highest BCUT2D eigenvalue weighted by atomic mass is 35.5. The Kier molecular flexibility index (Phi) is 5.91. The summed E-state index contributed by atoms with van der Waals surface area (Å²) in [5.74, 6) is 1.22. The van der Waals surface area contributed by atoms with Gasteiger partial charge in [0, 0.05) is 49.2 Å². The summed E-state index contributed by atoms with van der Waals surface area (Å²) in [4.78, 5) is 25.6. The molecule has 1 aliphatic heterocycles. The van der Waals surface area contributed by atoms with Gasteiger partial charge in [-0.25, -0.2) is 9.97 Å². The number of carbonyl (C=O) groups excluding carboxylic acids is 1. The van der Waals surface area contributed by atoms with Crippen molar-refractivity contribution >= 4 is 23.5 Å². The van der Waals surface area contributed by atoms with Crippen LogP contribution in [0.2, 0.25) is 5.02 Å². The minimum absolute atomic E-state index is 0.0339. The minimum Gasteiger partial charge on any atom is -0.488 e. The molecule has 3 aromatic rings. The Labute approximate surface area is 174 Å². The Morgan fingerprint density at radius 2 is 1.62 bits per heavy atom. The van der Waals surface area contributed by atoms with Crippen molar-refractivity contribution in [2.24, 2.45) is 0 Å². The van der Waals surface area contributed by atoms with Crippen LogP contribution in [0.4, 0.5) is 5.95 Å². The van der Waals surface area contributed by atoms with Gasteiger partial charge in [0.1, 0.15) is 12.4 Å². The zero-order valence-electron chi connectivity index (χ0n) is 15.9. The lowest BCUT2D eigenvalue weighted by molar-refractivity contribution is 0.0741. The van der Waals surface area contributed by atoms with Gasteiger partial charge in [0.05, 0.1) is 5.56 Å². The fraction of sp³-hybridized carbons (Fsp3) is 0.227. The van der Waals surface area contributed by atoms with Crippen LogP contribution >= 0.6 is 11.6 Å². The van der Waals surface area contributed by atoms with Gasteiger partial charge in [-0.3, -0.25) is 4.79 Å². The Balaban J connectivity index is 1.42. The van der Waals surface area contributed by atoms with E-state index in [1.54, 1.807) is 24.5 Å². The van der Waals surface area contributed by atoms with Gasteiger partial charge in [0.15, 0.2) is 0 Å². The summed E-state index contributed by atoms with van der Waals surface area (Å²) in [5, 5.41) is 0.649. The number of hydrogen-bond donors (Lipinski definition) is 0. The van der Waals surface area contributed by atoms with Gasteiger partial charge < -0.3 is 14.5 Å². The van der Waals surface area contributed by atoms with E-state index in [-0.39, 0.29) is 5.91 Å². The molecular formula is C22H21ClN4O2. The van der Waals surface area contributed by atoms with Gasteiger partial charge in [0.2, 0.25) is 5.95 Å². The van der Waals surface area contributed by atoms with Crippen LogP contribution in [0.1, 0.15) is 15.9 Å². The lowest BCUT2D eigenvalue weighted by atomic mass is 10.1. The maximum atomic E-state index is 13.1. The number of aromatic nitrogens is 2. The second-order valence-electron chi connectivity index (χ2n) is 6.70. The molecule has 1 saturated heterocycles. The Bertz CT molecular complexity index is 975. The van der Waals surface area contributed by atoms with Gasteiger partial charge in [-0.15, -0.1) is 0 Å². The molecule has 0 aliphatic carbocycles. The predicted molar refractivity (Wildman–Crippen MR) is 112 cm³/mol. The van der Waals surface area contributed by atoms with E-state index >= 15 is 0 Å². The van der Waals surface area contributed by atoms with Crippen molar-refractivity contribution in [2.45, 2.75) is 6.61 Å². The largest absolute Gasteiger partial charge is 0.488 e. The molecule has 0 atom stereocenters. The number of anilines is 1. The number of benzene rings is 2. The van der Waals surface area contributed by atoms with Gasteiger partial charge in [-0.2, -0.15) is 0 Å². The highest BCUT2D eigenvalue weighted by Crippen LogP contribution is 2.24. The molecule has 29 heavy (non-hydrogen) atoms. The summed E-state index contributed by atoms with van der Waals surface area (Å²) >= 11 is 6.21. The number of piperazine rings is 1. The summed E-state index contributed by atoms with van der Waals surface area (Å²) < 4.78 is 5.94. The van der Waals surface area contributed by atoms with Crippen LogP contribution in [0.15, 0.2) is 67.0 Å². The van der Waals surface area contributed by atoms with E-state index in [2.05, 4.69) is 14.9 Å². The number of hydrogen-bond acceptors (Lipinski definition) is 5. The summed E-state index contributed by atoms with van der Waals surface area (Å²) in [6.45, 7) is 2.91. The third-order valence-electron chi connectivity index (χ3n) is 4.86. The molecule has 1 aliphatic rings. The number of para-hydroxylation sites is 1. The molecular weight excluding hydrogens is 388 g/mol. The Hall–Kier alpha value is -3.12. The van der Waals surface area contributed by atoms with Crippen molar-refractivity contribution in [3.05, 3.63) is 83.1 Å². The zero-order valence-corrected chi connectivity index (χ0v) is 16.6. The lowest BCUT2D eigenvalue weighted by Crippen LogP contribution is -2.49. The first kappa shape index (κ1) is 19.2. The molecule has 0 spiro atoms. The number of rotatable bonds is 5. The number of halogens is 1. The standard InChI is InChI=1S/C22H21ClN4O2/c23-19-8-3-1-6-17(19)16-29-20-9-4-2-7-18(20)21(28)26-12-14-27(15-13-26)22-24-10-5-11-25-22/h1-11H,12-16H2. The average molecular weight is 409 g/mol. The summed E-state index contributed by atoms with van der Waals surface area (Å²) in [6.07, 6.45) is 3.46. The highest BCUT2D eigenvalue weighted by molar-refractivity contribution is 6.31. The lowest BCUT2D eigenvalue weighted by Gasteiger charge is -2.34. The number of amides is 1. The number of carbonyl (C=O) groups is 1. The minimum atomic E-state index is -0.0339. The van der Waals surface area contributed by atoms with Crippen molar-refractivity contribution in [2.75, 3.05) is 31.1 Å². The van der Waals surface area contributed by atoms with E-state index in [1.807, 2.05) is 47.4 Å². The van der Waals surface area contributed by atoms with E-state index in [0.29, 0.717) is 55.1 Å². The summed E-state index contributed by atoms with van der Waals surface area (Å²) in [7, 11) is 0. The molecule has 1 fully saturated rings. The topological polar surface area (TPSA) is 58.6 Å². The maximum Gasteiger partial charge on any atom is 0.257 e. The van der Waals surface area contributed by atoms with Crippen LogP contribution in [0.25, 0.3) is 0 Å². The third kappa shape index (κ3) is 4.49. The fourth-order valence-corrected chi connectivity index (χ4v) is 3.46. The Morgan fingerprint density at radius 1 is 0.931 bits per heavy atom. The molecule has 148 valence electrons. The first-order chi connectivity index (χ1) is 14.2. The smallest absolute Gasteiger partial charge is 0.257 e. The number of nitrogens with zero attached hydrogens (tertiary/aromatic N) is 4. The molecule has 4 rings (SSSR count). The maximum absolute atomic E-state index is 13.1. The number of ether oxygens (including phenoxy) is 1. The molecule has 0 bridgehead atoms.